The van der Waals surface area contributed by atoms with Gasteiger partial charge in [0, 0.05) is 29.9 Å². The summed E-state index contributed by atoms with van der Waals surface area (Å²) in [5, 5.41) is 3.18. The number of hydrogen-bond acceptors (Lipinski definition) is 5. The van der Waals surface area contributed by atoms with E-state index >= 15 is 0 Å². The van der Waals surface area contributed by atoms with E-state index in [2.05, 4.69) is 19.2 Å². The molecule has 0 spiro atoms. The first kappa shape index (κ1) is 20.0. The summed E-state index contributed by atoms with van der Waals surface area (Å²) in [7, 11) is 3.34. The fraction of sp³-hybridized carbons (Fsp3) is 0.667. The van der Waals surface area contributed by atoms with Crippen molar-refractivity contribution in [2.24, 2.45) is 5.41 Å². The standard InChI is InChI=1S/C21H31NO5/c1-14(23)22-21(20(4)26-12-19(2,3)13-27-20)10-9-15-16(11-21)18(25-6)8-7-17(15)24-5/h7-8H,9-13H2,1-6H3,(H,22,23). The molecule has 0 radical (unpaired) electrons. The summed E-state index contributed by atoms with van der Waals surface area (Å²) in [6.45, 7) is 8.86. The van der Waals surface area contributed by atoms with Crippen LogP contribution in [0.4, 0.5) is 0 Å². The maximum Gasteiger partial charge on any atom is 0.217 e. The molecule has 0 saturated carbocycles. The minimum atomic E-state index is -0.917. The molecular weight excluding hydrogens is 346 g/mol. The van der Waals surface area contributed by atoms with Crippen LogP contribution in [0.2, 0.25) is 0 Å². The Kier molecular flexibility index (Phi) is 5.16. The quantitative estimate of drug-likeness (QED) is 0.874. The number of benzene rings is 1. The normalized spacial score (nSPS) is 26.0. The van der Waals surface area contributed by atoms with Gasteiger partial charge in [0.05, 0.1) is 33.0 Å². The van der Waals surface area contributed by atoms with Crippen LogP contribution in [0.25, 0.3) is 0 Å². The molecule has 1 amide bonds. The van der Waals surface area contributed by atoms with Crippen molar-refractivity contribution >= 4 is 5.91 Å². The zero-order chi connectivity index (χ0) is 19.9. The van der Waals surface area contributed by atoms with Crippen LogP contribution in [0.15, 0.2) is 12.1 Å². The average molecular weight is 377 g/mol. The maximum absolute atomic E-state index is 12.1. The minimum Gasteiger partial charge on any atom is -0.496 e. The Hall–Kier alpha value is -1.79. The van der Waals surface area contributed by atoms with Crippen molar-refractivity contribution in [1.29, 1.82) is 0 Å². The van der Waals surface area contributed by atoms with E-state index in [4.69, 9.17) is 18.9 Å². The maximum atomic E-state index is 12.1. The smallest absolute Gasteiger partial charge is 0.217 e. The highest BCUT2D eigenvalue weighted by Crippen LogP contribution is 2.46. The number of rotatable bonds is 4. The van der Waals surface area contributed by atoms with E-state index in [9.17, 15) is 4.79 Å². The van der Waals surface area contributed by atoms with E-state index < -0.39 is 11.3 Å². The SMILES string of the molecule is COc1ccc(OC)c2c1CCC(NC(C)=O)(C1(C)OCC(C)(C)CO1)C2. The Morgan fingerprint density at radius 1 is 1.04 bits per heavy atom. The zero-order valence-electron chi connectivity index (χ0n) is 17.2. The predicted octanol–water partition coefficient (Wildman–Crippen LogP) is 2.86. The third-order valence-electron chi connectivity index (χ3n) is 5.83. The highest BCUT2D eigenvalue weighted by molar-refractivity contribution is 5.74. The van der Waals surface area contributed by atoms with Crippen LogP contribution in [0, 0.1) is 5.41 Å². The molecule has 1 fully saturated rings. The number of methoxy groups -OCH3 is 2. The van der Waals surface area contributed by atoms with Crippen molar-refractivity contribution in [2.75, 3.05) is 27.4 Å². The van der Waals surface area contributed by atoms with Gasteiger partial charge < -0.3 is 24.3 Å². The molecule has 6 nitrogen and oxygen atoms in total. The highest BCUT2D eigenvalue weighted by atomic mass is 16.7. The molecule has 3 rings (SSSR count). The van der Waals surface area contributed by atoms with Crippen molar-refractivity contribution in [3.8, 4) is 11.5 Å². The lowest BCUT2D eigenvalue weighted by Crippen LogP contribution is -2.69. The van der Waals surface area contributed by atoms with Gasteiger partial charge in [-0.3, -0.25) is 4.79 Å². The van der Waals surface area contributed by atoms with E-state index in [1.54, 1.807) is 14.2 Å². The summed E-state index contributed by atoms with van der Waals surface area (Å²) >= 11 is 0. The number of carbonyl (C=O) groups is 1. The summed E-state index contributed by atoms with van der Waals surface area (Å²) < 4.78 is 23.7. The second-order valence-electron chi connectivity index (χ2n) is 8.55. The van der Waals surface area contributed by atoms with E-state index in [0.717, 1.165) is 29.0 Å². The van der Waals surface area contributed by atoms with Gasteiger partial charge in [0.1, 0.15) is 11.5 Å². The molecule has 1 atom stereocenters. The van der Waals surface area contributed by atoms with E-state index in [1.165, 1.54) is 6.92 Å². The first-order chi connectivity index (χ1) is 12.7. The second kappa shape index (κ2) is 6.99. The van der Waals surface area contributed by atoms with Crippen molar-refractivity contribution in [1.82, 2.24) is 5.32 Å². The largest absolute Gasteiger partial charge is 0.496 e. The molecule has 0 aromatic heterocycles. The molecule has 1 aliphatic carbocycles. The summed E-state index contributed by atoms with van der Waals surface area (Å²) in [4.78, 5) is 12.1. The molecule has 1 aromatic rings. The Labute approximate surface area is 161 Å². The number of ether oxygens (including phenoxy) is 4. The average Bonchev–Trinajstić information content (AvgIpc) is 2.62. The topological polar surface area (TPSA) is 66.0 Å². The van der Waals surface area contributed by atoms with Gasteiger partial charge in [-0.05, 0) is 31.9 Å². The van der Waals surface area contributed by atoms with Crippen LogP contribution in [-0.2, 0) is 27.1 Å². The van der Waals surface area contributed by atoms with Gasteiger partial charge in [-0.1, -0.05) is 13.8 Å². The molecule has 1 aliphatic heterocycles. The number of fused-ring (bicyclic) bond motifs is 1. The lowest BCUT2D eigenvalue weighted by atomic mass is 9.72. The van der Waals surface area contributed by atoms with Gasteiger partial charge in [0.25, 0.3) is 0 Å². The first-order valence-electron chi connectivity index (χ1n) is 9.45. The molecular formula is C21H31NO5. The monoisotopic (exact) mass is 377 g/mol. The molecule has 1 aromatic carbocycles. The van der Waals surface area contributed by atoms with E-state index in [0.29, 0.717) is 26.1 Å². The molecule has 2 aliphatic rings. The lowest BCUT2D eigenvalue weighted by Gasteiger charge is -2.54. The number of carbonyl (C=O) groups excluding carboxylic acids is 1. The highest BCUT2D eigenvalue weighted by Gasteiger charge is 2.56. The number of hydrogen-bond donors (Lipinski definition) is 1. The predicted molar refractivity (Wildman–Crippen MR) is 102 cm³/mol. The van der Waals surface area contributed by atoms with Crippen LogP contribution < -0.4 is 14.8 Å². The van der Waals surface area contributed by atoms with Gasteiger partial charge >= 0.3 is 0 Å². The Bertz CT molecular complexity index is 720. The fourth-order valence-corrected chi connectivity index (χ4v) is 4.20. The minimum absolute atomic E-state index is 0.0512. The van der Waals surface area contributed by atoms with Crippen molar-refractivity contribution in [2.45, 2.75) is 58.3 Å². The van der Waals surface area contributed by atoms with E-state index in [-0.39, 0.29) is 11.3 Å². The Morgan fingerprint density at radius 3 is 2.11 bits per heavy atom. The van der Waals surface area contributed by atoms with Gasteiger partial charge in [-0.25, -0.2) is 0 Å². The molecule has 1 unspecified atom stereocenters. The van der Waals surface area contributed by atoms with Gasteiger partial charge in [0.15, 0.2) is 5.79 Å². The summed E-state index contributed by atoms with van der Waals surface area (Å²) in [5.74, 6) is 0.623. The van der Waals surface area contributed by atoms with Gasteiger partial charge in [0.2, 0.25) is 5.91 Å². The Morgan fingerprint density at radius 2 is 1.59 bits per heavy atom. The van der Waals surface area contributed by atoms with Crippen molar-refractivity contribution in [3.05, 3.63) is 23.3 Å². The van der Waals surface area contributed by atoms with Crippen LogP contribution in [0.5, 0.6) is 11.5 Å². The first-order valence-corrected chi connectivity index (χ1v) is 9.45. The molecule has 150 valence electrons. The third-order valence-corrected chi connectivity index (χ3v) is 5.83. The Balaban J connectivity index is 2.04. The lowest BCUT2D eigenvalue weighted by molar-refractivity contribution is -0.323. The second-order valence-corrected chi connectivity index (χ2v) is 8.55. The summed E-state index contributed by atoms with van der Waals surface area (Å²) in [5.41, 5.74) is 1.43. The van der Waals surface area contributed by atoms with Crippen LogP contribution >= 0.6 is 0 Å². The van der Waals surface area contributed by atoms with Crippen molar-refractivity contribution in [3.63, 3.8) is 0 Å². The number of nitrogens with one attached hydrogen (secondary N) is 1. The van der Waals surface area contributed by atoms with Crippen LogP contribution in [0.1, 0.15) is 45.2 Å². The zero-order valence-corrected chi connectivity index (χ0v) is 17.2. The van der Waals surface area contributed by atoms with Gasteiger partial charge in [-0.2, -0.15) is 0 Å². The molecule has 1 N–H and O–H groups in total. The molecule has 0 bridgehead atoms. The van der Waals surface area contributed by atoms with E-state index in [1.807, 2.05) is 19.1 Å². The molecule has 1 saturated heterocycles. The molecule has 1 heterocycles. The molecule has 6 heteroatoms. The summed E-state index contributed by atoms with van der Waals surface area (Å²) in [6, 6.07) is 3.84. The third kappa shape index (κ3) is 3.52. The molecule has 27 heavy (non-hydrogen) atoms. The number of amides is 1. The fourth-order valence-electron chi connectivity index (χ4n) is 4.20. The summed E-state index contributed by atoms with van der Waals surface area (Å²) in [6.07, 6.45) is 1.99. The van der Waals surface area contributed by atoms with Crippen LogP contribution in [-0.4, -0.2) is 44.7 Å². The van der Waals surface area contributed by atoms with Crippen molar-refractivity contribution < 1.29 is 23.7 Å². The van der Waals surface area contributed by atoms with Crippen LogP contribution in [0.3, 0.4) is 0 Å². The van der Waals surface area contributed by atoms with Gasteiger partial charge in [-0.15, -0.1) is 0 Å².